The average Bonchev–Trinajstić information content (AvgIpc) is 2.74. The van der Waals surface area contributed by atoms with E-state index in [-0.39, 0.29) is 0 Å². The summed E-state index contributed by atoms with van der Waals surface area (Å²) >= 11 is 1.45. The fraction of sp³-hybridized carbons (Fsp3) is 0.154. The second-order valence-electron chi connectivity index (χ2n) is 3.54. The van der Waals surface area contributed by atoms with Crippen molar-refractivity contribution in [1.29, 1.82) is 5.26 Å². The van der Waals surface area contributed by atoms with Gasteiger partial charge in [-0.3, -0.25) is 0 Å². The number of benzene rings is 1. The van der Waals surface area contributed by atoms with Gasteiger partial charge in [-0.05, 0) is 12.5 Å². The van der Waals surface area contributed by atoms with Crippen molar-refractivity contribution in [3.05, 3.63) is 52.4 Å². The minimum absolute atomic E-state index is 0.549. The van der Waals surface area contributed by atoms with Crippen LogP contribution in [0, 0.1) is 18.3 Å². The molecular formula is C13H11NOS. The number of aryl methyl sites for hydroxylation is 1. The van der Waals surface area contributed by atoms with E-state index in [1.807, 2.05) is 12.1 Å². The maximum Gasteiger partial charge on any atom is 0.175 e. The Labute approximate surface area is 98.7 Å². The highest BCUT2D eigenvalue weighted by Crippen LogP contribution is 2.23. The van der Waals surface area contributed by atoms with E-state index < -0.39 is 0 Å². The van der Waals surface area contributed by atoms with E-state index in [0.717, 1.165) is 10.6 Å². The molecule has 0 saturated heterocycles. The van der Waals surface area contributed by atoms with Crippen LogP contribution in [0.2, 0.25) is 0 Å². The molecule has 80 valence electrons. The molecule has 0 saturated carbocycles. The molecule has 1 aromatic heterocycles. The molecule has 2 nitrogen and oxygen atoms in total. The van der Waals surface area contributed by atoms with Crippen LogP contribution in [-0.4, -0.2) is 0 Å². The molecule has 1 heterocycles. The number of nitrogens with zero attached hydrogens (tertiary/aromatic N) is 1. The fourth-order valence-electron chi connectivity index (χ4n) is 1.41. The maximum absolute atomic E-state index is 8.67. The van der Waals surface area contributed by atoms with Crippen molar-refractivity contribution >= 4 is 11.3 Å². The van der Waals surface area contributed by atoms with Crippen LogP contribution >= 0.6 is 11.3 Å². The molecule has 0 fully saturated rings. The Bertz CT molecular complexity index is 525. The molecule has 3 heteroatoms. The number of hydrogen-bond donors (Lipinski definition) is 0. The van der Waals surface area contributed by atoms with E-state index in [0.29, 0.717) is 12.2 Å². The number of hydrogen-bond acceptors (Lipinski definition) is 3. The van der Waals surface area contributed by atoms with Crippen LogP contribution in [-0.2, 0) is 6.61 Å². The first-order valence-electron chi connectivity index (χ1n) is 4.95. The van der Waals surface area contributed by atoms with E-state index in [2.05, 4.69) is 25.1 Å². The molecule has 0 aliphatic rings. The van der Waals surface area contributed by atoms with E-state index in [4.69, 9.17) is 10.00 Å². The van der Waals surface area contributed by atoms with Gasteiger partial charge in [-0.2, -0.15) is 5.26 Å². The molecule has 16 heavy (non-hydrogen) atoms. The summed E-state index contributed by atoms with van der Waals surface area (Å²) in [6.07, 6.45) is 0. The van der Waals surface area contributed by atoms with Crippen molar-refractivity contribution in [3.8, 4) is 11.1 Å². The van der Waals surface area contributed by atoms with Gasteiger partial charge in [0.05, 0.1) is 5.56 Å². The van der Waals surface area contributed by atoms with Gasteiger partial charge in [0.15, 0.2) is 5.06 Å². The molecule has 2 rings (SSSR count). The molecule has 0 unspecified atom stereocenters. The van der Waals surface area contributed by atoms with Crippen molar-refractivity contribution in [3.63, 3.8) is 0 Å². The zero-order chi connectivity index (χ0) is 11.4. The van der Waals surface area contributed by atoms with Crippen LogP contribution < -0.4 is 4.74 Å². The van der Waals surface area contributed by atoms with Crippen molar-refractivity contribution in [1.82, 2.24) is 0 Å². The van der Waals surface area contributed by atoms with Gasteiger partial charge < -0.3 is 4.74 Å². The van der Waals surface area contributed by atoms with Gasteiger partial charge in [-0.15, -0.1) is 11.3 Å². The SMILES string of the molecule is Cc1cccc(COc2cc(C#N)cs2)c1. The predicted octanol–water partition coefficient (Wildman–Crippen LogP) is 3.51. The third-order valence-electron chi connectivity index (χ3n) is 2.17. The molecule has 0 radical (unpaired) electrons. The second kappa shape index (κ2) is 4.82. The van der Waals surface area contributed by atoms with Gasteiger partial charge in [-0.1, -0.05) is 29.8 Å². The Hall–Kier alpha value is -1.79. The summed E-state index contributed by atoms with van der Waals surface area (Å²) in [4.78, 5) is 0. The molecule has 1 aromatic carbocycles. The molecule has 0 bridgehead atoms. The monoisotopic (exact) mass is 229 g/mol. The zero-order valence-electron chi connectivity index (χ0n) is 8.93. The van der Waals surface area contributed by atoms with Gasteiger partial charge in [0.1, 0.15) is 12.7 Å². The van der Waals surface area contributed by atoms with Crippen molar-refractivity contribution in [2.75, 3.05) is 0 Å². The lowest BCUT2D eigenvalue weighted by Gasteiger charge is -2.03. The van der Waals surface area contributed by atoms with Gasteiger partial charge in [0.2, 0.25) is 0 Å². The summed E-state index contributed by atoms with van der Waals surface area (Å²) < 4.78 is 5.60. The van der Waals surface area contributed by atoms with E-state index in [9.17, 15) is 0 Å². The Balaban J connectivity index is 2.00. The Kier molecular flexibility index (Phi) is 3.23. The highest BCUT2D eigenvalue weighted by molar-refractivity contribution is 7.12. The van der Waals surface area contributed by atoms with Crippen LogP contribution in [0.4, 0.5) is 0 Å². The third-order valence-corrected chi connectivity index (χ3v) is 3.01. The molecule has 0 aliphatic carbocycles. The average molecular weight is 229 g/mol. The van der Waals surface area contributed by atoms with E-state index in [1.54, 1.807) is 11.4 Å². The lowest BCUT2D eigenvalue weighted by molar-refractivity contribution is 0.315. The summed E-state index contributed by atoms with van der Waals surface area (Å²) in [6, 6.07) is 12.1. The highest BCUT2D eigenvalue weighted by atomic mass is 32.1. The quantitative estimate of drug-likeness (QED) is 0.807. The first-order chi connectivity index (χ1) is 7.78. The lowest BCUT2D eigenvalue weighted by Crippen LogP contribution is -1.93. The normalized spacial score (nSPS) is 9.75. The summed E-state index contributed by atoms with van der Waals surface area (Å²) in [6.45, 7) is 2.61. The molecule has 0 amide bonds. The summed E-state index contributed by atoms with van der Waals surface area (Å²) in [5, 5.41) is 11.3. The topological polar surface area (TPSA) is 33.0 Å². The van der Waals surface area contributed by atoms with Crippen molar-refractivity contribution in [2.24, 2.45) is 0 Å². The van der Waals surface area contributed by atoms with Crippen LogP contribution in [0.15, 0.2) is 35.7 Å². The van der Waals surface area contributed by atoms with Crippen LogP contribution in [0.3, 0.4) is 0 Å². The van der Waals surface area contributed by atoms with Crippen LogP contribution in [0.25, 0.3) is 0 Å². The molecule has 0 N–H and O–H groups in total. The Morgan fingerprint density at radius 2 is 2.25 bits per heavy atom. The van der Waals surface area contributed by atoms with Crippen LogP contribution in [0.5, 0.6) is 5.06 Å². The molecular weight excluding hydrogens is 218 g/mol. The Morgan fingerprint density at radius 1 is 1.38 bits per heavy atom. The van der Waals surface area contributed by atoms with E-state index in [1.165, 1.54) is 16.9 Å². The number of thiophene rings is 1. The molecule has 0 atom stereocenters. The summed E-state index contributed by atoms with van der Waals surface area (Å²) in [5.74, 6) is 0. The van der Waals surface area contributed by atoms with Crippen molar-refractivity contribution < 1.29 is 4.74 Å². The van der Waals surface area contributed by atoms with Gasteiger partial charge in [-0.25, -0.2) is 0 Å². The smallest absolute Gasteiger partial charge is 0.175 e. The van der Waals surface area contributed by atoms with E-state index >= 15 is 0 Å². The lowest BCUT2D eigenvalue weighted by atomic mass is 10.1. The van der Waals surface area contributed by atoms with Crippen LogP contribution in [0.1, 0.15) is 16.7 Å². The zero-order valence-corrected chi connectivity index (χ0v) is 9.75. The number of rotatable bonds is 3. The third kappa shape index (κ3) is 2.62. The summed E-state index contributed by atoms with van der Waals surface area (Å²) in [7, 11) is 0. The molecule has 0 aliphatic heterocycles. The van der Waals surface area contributed by atoms with Crippen molar-refractivity contribution in [2.45, 2.75) is 13.5 Å². The largest absolute Gasteiger partial charge is 0.479 e. The standard InChI is InChI=1S/C13H11NOS/c1-10-3-2-4-11(5-10)8-15-13-6-12(7-14)9-16-13/h2-6,9H,8H2,1H3. The molecule has 0 spiro atoms. The molecule has 2 aromatic rings. The second-order valence-corrected chi connectivity index (χ2v) is 4.42. The number of nitriles is 1. The first kappa shape index (κ1) is 10.7. The highest BCUT2D eigenvalue weighted by Gasteiger charge is 2.00. The summed E-state index contributed by atoms with van der Waals surface area (Å²) in [5.41, 5.74) is 3.03. The van der Waals surface area contributed by atoms with Gasteiger partial charge >= 0.3 is 0 Å². The predicted molar refractivity (Wildman–Crippen MR) is 64.5 cm³/mol. The van der Waals surface area contributed by atoms with Gasteiger partial charge in [0.25, 0.3) is 0 Å². The Morgan fingerprint density at radius 3 is 2.94 bits per heavy atom. The number of ether oxygens (including phenoxy) is 1. The maximum atomic E-state index is 8.67. The van der Waals surface area contributed by atoms with Gasteiger partial charge in [0, 0.05) is 11.4 Å². The minimum atomic E-state index is 0.549. The first-order valence-corrected chi connectivity index (χ1v) is 5.83. The minimum Gasteiger partial charge on any atom is -0.479 e. The fourth-order valence-corrected chi connectivity index (χ4v) is 2.09.